The fraction of sp³-hybridized carbons (Fsp3) is 0.600. The molecule has 0 unspecified atom stereocenters. The highest BCUT2D eigenvalue weighted by atomic mass is 32.2. The molecular formula is C15H26N4O3S. The number of hydrogen-bond acceptors (Lipinski definition) is 4. The Kier molecular flexibility index (Phi) is 7.44. The van der Waals surface area contributed by atoms with Crippen LogP contribution in [0.25, 0.3) is 0 Å². The number of urea groups is 1. The van der Waals surface area contributed by atoms with Crippen LogP contribution in [0.1, 0.15) is 38.8 Å². The van der Waals surface area contributed by atoms with Gasteiger partial charge in [0.2, 0.25) is 10.0 Å². The van der Waals surface area contributed by atoms with E-state index >= 15 is 0 Å². The molecule has 1 atom stereocenters. The molecule has 1 rings (SSSR count). The number of rotatable bonds is 8. The molecule has 0 saturated carbocycles. The summed E-state index contributed by atoms with van der Waals surface area (Å²) in [6, 6.07) is 3.19. The standard InChI is InChI=1S/C15H26N4O3S/c1-12(2)19(23(4,21)22)10-6-9-17-15(20)18-13(3)14-7-5-8-16-11-14/h5,7-8,11-13H,6,9-10H2,1-4H3,(H2,17,18,20)/t13-/m1/s1. The van der Waals surface area contributed by atoms with E-state index < -0.39 is 10.0 Å². The lowest BCUT2D eigenvalue weighted by Gasteiger charge is -2.23. The quantitative estimate of drug-likeness (QED) is 0.701. The van der Waals surface area contributed by atoms with Gasteiger partial charge >= 0.3 is 6.03 Å². The first-order valence-corrected chi connectivity index (χ1v) is 9.47. The van der Waals surface area contributed by atoms with E-state index in [0.29, 0.717) is 19.5 Å². The second-order valence-electron chi connectivity index (χ2n) is 5.73. The third-order valence-electron chi connectivity index (χ3n) is 3.37. The number of nitrogens with one attached hydrogen (secondary N) is 2. The third-order valence-corrected chi connectivity index (χ3v) is 4.83. The zero-order valence-corrected chi connectivity index (χ0v) is 14.9. The maximum absolute atomic E-state index is 11.8. The molecule has 0 bridgehead atoms. The summed E-state index contributed by atoms with van der Waals surface area (Å²) in [6.45, 7) is 6.33. The van der Waals surface area contributed by atoms with Crippen LogP contribution in [-0.4, -0.2) is 49.1 Å². The molecule has 0 saturated heterocycles. The van der Waals surface area contributed by atoms with Gasteiger partial charge in [0.05, 0.1) is 12.3 Å². The minimum Gasteiger partial charge on any atom is -0.338 e. The van der Waals surface area contributed by atoms with E-state index in [1.165, 1.54) is 10.6 Å². The monoisotopic (exact) mass is 342 g/mol. The van der Waals surface area contributed by atoms with Gasteiger partial charge in [0, 0.05) is 31.5 Å². The lowest BCUT2D eigenvalue weighted by molar-refractivity contribution is 0.237. The smallest absolute Gasteiger partial charge is 0.315 e. The molecule has 2 amide bonds. The van der Waals surface area contributed by atoms with Crippen molar-refractivity contribution in [3.8, 4) is 0 Å². The van der Waals surface area contributed by atoms with E-state index in [9.17, 15) is 13.2 Å². The second kappa shape index (κ2) is 8.83. The Morgan fingerprint density at radius 1 is 1.35 bits per heavy atom. The molecule has 1 aromatic heterocycles. The fourth-order valence-electron chi connectivity index (χ4n) is 2.21. The Labute approximate surface area is 138 Å². The van der Waals surface area contributed by atoms with Crippen molar-refractivity contribution in [1.82, 2.24) is 19.9 Å². The van der Waals surface area contributed by atoms with Crippen LogP contribution in [0.5, 0.6) is 0 Å². The van der Waals surface area contributed by atoms with Gasteiger partial charge in [-0.2, -0.15) is 4.31 Å². The lowest BCUT2D eigenvalue weighted by Crippen LogP contribution is -2.40. The highest BCUT2D eigenvalue weighted by Crippen LogP contribution is 2.09. The molecule has 130 valence electrons. The van der Waals surface area contributed by atoms with Gasteiger partial charge < -0.3 is 10.6 Å². The highest BCUT2D eigenvalue weighted by molar-refractivity contribution is 7.88. The molecule has 7 nitrogen and oxygen atoms in total. The van der Waals surface area contributed by atoms with Crippen LogP contribution in [0.4, 0.5) is 4.79 Å². The van der Waals surface area contributed by atoms with Crippen molar-refractivity contribution in [3.05, 3.63) is 30.1 Å². The number of amides is 2. The molecule has 0 fully saturated rings. The zero-order chi connectivity index (χ0) is 17.5. The first-order chi connectivity index (χ1) is 10.7. The summed E-state index contributed by atoms with van der Waals surface area (Å²) in [5.74, 6) is 0. The van der Waals surface area contributed by atoms with E-state index in [2.05, 4.69) is 15.6 Å². The van der Waals surface area contributed by atoms with Gasteiger partial charge in [-0.3, -0.25) is 4.98 Å². The number of sulfonamides is 1. The molecule has 0 radical (unpaired) electrons. The molecule has 8 heteroatoms. The van der Waals surface area contributed by atoms with Crippen molar-refractivity contribution in [2.75, 3.05) is 19.3 Å². The average molecular weight is 342 g/mol. The summed E-state index contributed by atoms with van der Waals surface area (Å²) >= 11 is 0. The zero-order valence-electron chi connectivity index (χ0n) is 14.1. The van der Waals surface area contributed by atoms with Crippen LogP contribution in [-0.2, 0) is 10.0 Å². The van der Waals surface area contributed by atoms with Crippen LogP contribution < -0.4 is 10.6 Å². The first kappa shape index (κ1) is 19.4. The van der Waals surface area contributed by atoms with Crippen molar-refractivity contribution in [3.63, 3.8) is 0 Å². The SMILES string of the molecule is CC(C)N(CCCNC(=O)N[C@H](C)c1cccnc1)S(C)(=O)=O. The lowest BCUT2D eigenvalue weighted by atomic mass is 10.1. The Morgan fingerprint density at radius 3 is 2.57 bits per heavy atom. The van der Waals surface area contributed by atoms with Gasteiger partial charge in [0.1, 0.15) is 0 Å². The van der Waals surface area contributed by atoms with Gasteiger partial charge in [0.25, 0.3) is 0 Å². The number of pyridine rings is 1. The van der Waals surface area contributed by atoms with Crippen LogP contribution in [0, 0.1) is 0 Å². The van der Waals surface area contributed by atoms with Gasteiger partial charge in [-0.05, 0) is 38.8 Å². The number of carbonyl (C=O) groups excluding carboxylic acids is 1. The number of hydrogen-bond donors (Lipinski definition) is 2. The van der Waals surface area contributed by atoms with Gasteiger partial charge in [0.15, 0.2) is 0 Å². The topological polar surface area (TPSA) is 91.4 Å². The minimum absolute atomic E-state index is 0.0931. The molecule has 1 heterocycles. The normalized spacial score (nSPS) is 13.1. The summed E-state index contributed by atoms with van der Waals surface area (Å²) in [6.07, 6.45) is 5.14. The summed E-state index contributed by atoms with van der Waals surface area (Å²) in [5, 5.41) is 5.55. The van der Waals surface area contributed by atoms with E-state index in [1.807, 2.05) is 32.9 Å². The van der Waals surface area contributed by atoms with Gasteiger partial charge in [-0.1, -0.05) is 6.07 Å². The van der Waals surface area contributed by atoms with Crippen LogP contribution >= 0.6 is 0 Å². The molecule has 0 spiro atoms. The van der Waals surface area contributed by atoms with Crippen molar-refractivity contribution >= 4 is 16.1 Å². The molecule has 2 N–H and O–H groups in total. The molecule has 1 aromatic rings. The van der Waals surface area contributed by atoms with Crippen LogP contribution in [0.2, 0.25) is 0 Å². The van der Waals surface area contributed by atoms with Crippen LogP contribution in [0.15, 0.2) is 24.5 Å². The van der Waals surface area contributed by atoms with E-state index in [-0.39, 0.29) is 18.1 Å². The Morgan fingerprint density at radius 2 is 2.04 bits per heavy atom. The van der Waals surface area contributed by atoms with Crippen molar-refractivity contribution < 1.29 is 13.2 Å². The molecule has 0 aliphatic carbocycles. The Hall–Kier alpha value is -1.67. The summed E-state index contributed by atoms with van der Waals surface area (Å²) < 4.78 is 24.7. The summed E-state index contributed by atoms with van der Waals surface area (Å²) in [7, 11) is -3.22. The largest absolute Gasteiger partial charge is 0.338 e. The van der Waals surface area contributed by atoms with Crippen molar-refractivity contribution in [2.24, 2.45) is 0 Å². The molecule has 0 aliphatic heterocycles. The number of aromatic nitrogens is 1. The number of nitrogens with zero attached hydrogens (tertiary/aromatic N) is 2. The summed E-state index contributed by atoms with van der Waals surface area (Å²) in [4.78, 5) is 15.8. The van der Waals surface area contributed by atoms with Crippen molar-refractivity contribution in [1.29, 1.82) is 0 Å². The predicted octanol–water partition coefficient (Wildman–Crippen LogP) is 1.50. The van der Waals surface area contributed by atoms with Gasteiger partial charge in [-0.15, -0.1) is 0 Å². The second-order valence-corrected chi connectivity index (χ2v) is 7.66. The van der Waals surface area contributed by atoms with Crippen molar-refractivity contribution in [2.45, 2.75) is 39.3 Å². The minimum atomic E-state index is -3.22. The van der Waals surface area contributed by atoms with E-state index in [0.717, 1.165) is 5.56 Å². The van der Waals surface area contributed by atoms with E-state index in [4.69, 9.17) is 0 Å². The van der Waals surface area contributed by atoms with Gasteiger partial charge in [-0.25, -0.2) is 13.2 Å². The van der Waals surface area contributed by atoms with E-state index in [1.54, 1.807) is 12.4 Å². The fourth-order valence-corrected chi connectivity index (χ4v) is 3.43. The maximum Gasteiger partial charge on any atom is 0.315 e. The highest BCUT2D eigenvalue weighted by Gasteiger charge is 2.19. The molecule has 0 aromatic carbocycles. The first-order valence-electron chi connectivity index (χ1n) is 7.63. The predicted molar refractivity (Wildman–Crippen MR) is 90.5 cm³/mol. The maximum atomic E-state index is 11.8. The van der Waals surface area contributed by atoms with Crippen LogP contribution in [0.3, 0.4) is 0 Å². The average Bonchev–Trinajstić information content (AvgIpc) is 2.46. The third kappa shape index (κ3) is 6.96. The Bertz CT molecular complexity index is 590. The molecule has 0 aliphatic rings. The Balaban J connectivity index is 2.34. The molecule has 23 heavy (non-hydrogen) atoms. The molecular weight excluding hydrogens is 316 g/mol. The summed E-state index contributed by atoms with van der Waals surface area (Å²) in [5.41, 5.74) is 0.922. The number of carbonyl (C=O) groups is 1.